The van der Waals surface area contributed by atoms with E-state index in [1.54, 1.807) is 0 Å². The monoisotopic (exact) mass is 201 g/mol. The first-order chi connectivity index (χ1) is 4.06. The van der Waals surface area contributed by atoms with E-state index in [9.17, 15) is 4.57 Å². The largest absolute Gasteiger partial charge is 1.00 e. The summed E-state index contributed by atoms with van der Waals surface area (Å²) >= 11 is 0. The van der Waals surface area contributed by atoms with E-state index >= 15 is 0 Å². The normalized spacial score (nSPS) is 9.73. The van der Waals surface area contributed by atoms with E-state index in [4.69, 9.17) is 14.9 Å². The minimum atomic E-state index is -3.92. The number of nitrogens with one attached hydrogen (secondary N) is 1. The molecule has 0 amide bonds. The van der Waals surface area contributed by atoms with Crippen LogP contribution in [0.5, 0.6) is 0 Å². The van der Waals surface area contributed by atoms with Crippen LogP contribution in [0.1, 0.15) is 0 Å². The Hall–Kier alpha value is 2.07. The minimum Gasteiger partial charge on any atom is -0.395 e. The van der Waals surface area contributed by atoms with Gasteiger partial charge in [0.25, 0.3) is 0 Å². The maximum atomic E-state index is 10.1. The fourth-order valence-electron chi connectivity index (χ4n) is 0.304. The second-order valence-electron chi connectivity index (χ2n) is 1.55. The molecule has 5 nitrogen and oxygen atoms in total. The molecule has 0 aliphatic carbocycles. The molecule has 0 bridgehead atoms. The maximum Gasteiger partial charge on any atom is 1.00 e. The summed E-state index contributed by atoms with van der Waals surface area (Å²) in [6.07, 6.45) is -0.367. The van der Waals surface area contributed by atoms with E-state index in [1.807, 2.05) is 0 Å². The molecule has 0 aliphatic rings. The molecule has 0 heterocycles. The first-order valence-electron chi connectivity index (χ1n) is 2.42. The number of hydrogen-bond acceptors (Lipinski definition) is 3. The summed E-state index contributed by atoms with van der Waals surface area (Å²) in [4.78, 5) is 16.4. The van der Waals surface area contributed by atoms with Crippen molar-refractivity contribution in [3.8, 4) is 0 Å². The minimum absolute atomic E-state index is 0. The van der Waals surface area contributed by atoms with Crippen LogP contribution in [0.4, 0.5) is 0 Å². The Labute approximate surface area is 110 Å². The van der Waals surface area contributed by atoms with Gasteiger partial charge in [0.2, 0.25) is 0 Å². The molecule has 0 aromatic carbocycles. The number of hydrogen-bond donors (Lipinski definition) is 4. The van der Waals surface area contributed by atoms with Gasteiger partial charge in [-0.2, -0.15) is 0 Å². The summed E-state index contributed by atoms with van der Waals surface area (Å²) in [5.41, 5.74) is 0. The van der Waals surface area contributed by atoms with Crippen LogP contribution in [0, 0.1) is 0 Å². The summed E-state index contributed by atoms with van der Waals surface area (Å²) in [6, 6.07) is 0. The smallest absolute Gasteiger partial charge is 0.395 e. The van der Waals surface area contributed by atoms with Gasteiger partial charge in [0.05, 0.1) is 12.9 Å². The van der Waals surface area contributed by atoms with Crippen LogP contribution in [0.3, 0.4) is 0 Å². The Balaban J connectivity index is -0.000000320. The third-order valence-corrected chi connectivity index (χ3v) is 1.24. The molecule has 56 valence electrons. The molecule has 0 unspecified atom stereocenters. The van der Waals surface area contributed by atoms with E-state index in [2.05, 4.69) is 5.32 Å². The van der Waals surface area contributed by atoms with E-state index in [1.165, 1.54) is 0 Å². The van der Waals surface area contributed by atoms with E-state index in [0.29, 0.717) is 0 Å². The molecule has 0 rings (SSSR count). The molecule has 0 aromatic heterocycles. The molecule has 8 heteroatoms. The topological polar surface area (TPSA) is 89.8 Å². The number of rotatable bonds is 4. The Bertz CT molecular complexity index is 118. The average Bonchev–Trinajstić information content (AvgIpc) is 1.63. The second-order valence-corrected chi connectivity index (χ2v) is 3.19. The van der Waals surface area contributed by atoms with Crippen molar-refractivity contribution in [1.29, 1.82) is 0 Å². The molecule has 11 heavy (non-hydrogen) atoms. The molecule has 0 spiro atoms. The number of aliphatic hydroxyl groups excluding tert-OH is 1. The molecule has 0 aliphatic heterocycles. The van der Waals surface area contributed by atoms with Gasteiger partial charge in [-0.1, -0.05) is 0 Å². The predicted octanol–water partition coefficient (Wildman–Crippen LogP) is -7.29. The van der Waals surface area contributed by atoms with E-state index < -0.39 is 7.60 Å². The zero-order valence-electron chi connectivity index (χ0n) is 6.82. The van der Waals surface area contributed by atoms with Gasteiger partial charge in [-0.15, -0.1) is 0 Å². The van der Waals surface area contributed by atoms with Crippen molar-refractivity contribution < 1.29 is 78.6 Å². The Morgan fingerprint density at radius 2 is 1.73 bits per heavy atom. The van der Waals surface area contributed by atoms with Crippen LogP contribution in [-0.2, 0) is 4.57 Å². The fourth-order valence-corrected chi connectivity index (χ4v) is 0.753. The van der Waals surface area contributed by atoms with E-state index in [0.717, 1.165) is 0 Å². The van der Waals surface area contributed by atoms with Crippen molar-refractivity contribution in [2.45, 2.75) is 0 Å². The first kappa shape index (κ1) is 18.8. The quantitative estimate of drug-likeness (QED) is 0.206. The molecule has 0 saturated heterocycles. The molecule has 0 saturated carbocycles. The zero-order chi connectivity index (χ0) is 7.33. The average molecular weight is 201 g/mol. The van der Waals surface area contributed by atoms with E-state index in [-0.39, 0.29) is 78.6 Å². The van der Waals surface area contributed by atoms with Crippen molar-refractivity contribution in [1.82, 2.24) is 5.32 Å². The Kier molecular flexibility index (Phi) is 17.3. The van der Waals surface area contributed by atoms with Crippen LogP contribution in [0.2, 0.25) is 0 Å². The van der Waals surface area contributed by atoms with Crippen LogP contribution < -0.4 is 64.4 Å². The van der Waals surface area contributed by atoms with Crippen molar-refractivity contribution in [2.24, 2.45) is 0 Å². The standard InChI is InChI=1S/C3H10NO4P.2Na/c5-2-1-4-3-9(6,7)8;;/h4-5H,1-3H2,(H2,6,7,8);;/q;2*+1. The second kappa shape index (κ2) is 10.2. The van der Waals surface area contributed by atoms with Crippen LogP contribution in [-0.4, -0.2) is 34.3 Å². The van der Waals surface area contributed by atoms with Crippen LogP contribution in [0.15, 0.2) is 0 Å². The molecule has 4 N–H and O–H groups in total. The summed E-state index contributed by atoms with van der Waals surface area (Å²) < 4.78 is 10.1. The Morgan fingerprint density at radius 3 is 2.00 bits per heavy atom. The zero-order valence-corrected chi connectivity index (χ0v) is 11.7. The summed E-state index contributed by atoms with van der Waals surface area (Å²) in [7, 11) is -3.92. The third kappa shape index (κ3) is 18.8. The van der Waals surface area contributed by atoms with Crippen molar-refractivity contribution in [3.63, 3.8) is 0 Å². The van der Waals surface area contributed by atoms with Crippen molar-refractivity contribution in [3.05, 3.63) is 0 Å². The molecule has 0 fully saturated rings. The predicted molar refractivity (Wildman–Crippen MR) is 32.0 cm³/mol. The van der Waals surface area contributed by atoms with Gasteiger partial charge >= 0.3 is 66.7 Å². The van der Waals surface area contributed by atoms with Crippen molar-refractivity contribution >= 4 is 7.60 Å². The maximum absolute atomic E-state index is 10.1. The van der Waals surface area contributed by atoms with Crippen LogP contribution in [0.25, 0.3) is 0 Å². The molecular weight excluding hydrogens is 191 g/mol. The van der Waals surface area contributed by atoms with Gasteiger partial charge in [-0.25, -0.2) is 0 Å². The van der Waals surface area contributed by atoms with Gasteiger partial charge in [0.15, 0.2) is 0 Å². The Morgan fingerprint density at radius 1 is 1.27 bits per heavy atom. The summed E-state index contributed by atoms with van der Waals surface area (Å²) in [6.45, 7) is 0.102. The SMILES string of the molecule is O=P(O)(O)CNCCO.[Na+].[Na+]. The third-order valence-electron chi connectivity index (χ3n) is 0.606. The number of aliphatic hydroxyl groups is 1. The van der Waals surface area contributed by atoms with Gasteiger partial charge in [-0.05, 0) is 0 Å². The summed E-state index contributed by atoms with van der Waals surface area (Å²) in [5.74, 6) is 0. The van der Waals surface area contributed by atoms with Gasteiger partial charge in [0, 0.05) is 6.54 Å². The van der Waals surface area contributed by atoms with Gasteiger partial charge in [-0.3, -0.25) is 4.57 Å². The molecule has 0 radical (unpaired) electrons. The molecular formula is C3H10NNa2O4P+2. The fraction of sp³-hybridized carbons (Fsp3) is 1.00. The first-order valence-corrected chi connectivity index (χ1v) is 4.22. The molecule has 0 aromatic rings. The van der Waals surface area contributed by atoms with Gasteiger partial charge < -0.3 is 20.2 Å². The van der Waals surface area contributed by atoms with Crippen LogP contribution >= 0.6 is 7.60 Å². The van der Waals surface area contributed by atoms with Gasteiger partial charge in [0.1, 0.15) is 0 Å². The molecule has 0 atom stereocenters. The van der Waals surface area contributed by atoms with Crippen molar-refractivity contribution in [2.75, 3.05) is 19.4 Å². The summed E-state index contributed by atoms with van der Waals surface area (Å²) in [5, 5.41) is 10.5.